The van der Waals surface area contributed by atoms with Gasteiger partial charge in [-0.1, -0.05) is 76.9 Å². The molecule has 0 spiro atoms. The van der Waals surface area contributed by atoms with Crippen LogP contribution in [0.1, 0.15) is 80.1 Å². The Morgan fingerprint density at radius 3 is 2.18 bits per heavy atom. The number of benzene rings is 4. The molecule has 7 aromatic rings. The van der Waals surface area contributed by atoms with Crippen LogP contribution in [0.3, 0.4) is 0 Å². The van der Waals surface area contributed by atoms with Gasteiger partial charge in [0.25, 0.3) is 0 Å². The number of para-hydroxylation sites is 1. The molecule has 0 aliphatic carbocycles. The zero-order chi connectivity index (χ0) is 34.2. The fraction of sp³-hybridized carbons (Fsp3) is 0.273. The Kier molecular flexibility index (Phi) is 8.85. The van der Waals surface area contributed by atoms with Crippen LogP contribution in [0, 0.1) is 20.8 Å². The molecule has 5 heteroatoms. The number of nitrogens with zero attached hydrogens (tertiary/aromatic N) is 4. The Labute approximate surface area is 290 Å². The van der Waals surface area contributed by atoms with E-state index in [1.807, 2.05) is 12.3 Å². The largest absolute Gasteiger partial charge is 0.457 e. The predicted octanol–water partition coefficient (Wildman–Crippen LogP) is 11.8. The molecule has 0 radical (unpaired) electrons. The summed E-state index contributed by atoms with van der Waals surface area (Å²) >= 11 is 0. The molecule has 0 bridgehead atoms. The third kappa shape index (κ3) is 6.03. The summed E-state index contributed by atoms with van der Waals surface area (Å²) in [7, 11) is 0. The van der Waals surface area contributed by atoms with Gasteiger partial charge in [-0.3, -0.25) is 4.57 Å². The normalized spacial score (nSPS) is 11.7. The van der Waals surface area contributed by atoms with E-state index in [0.29, 0.717) is 5.92 Å². The van der Waals surface area contributed by atoms with Crippen molar-refractivity contribution in [2.45, 2.75) is 80.1 Å². The first-order chi connectivity index (χ1) is 23.8. The lowest BCUT2D eigenvalue weighted by Crippen LogP contribution is -2.05. The molecule has 0 aliphatic rings. The van der Waals surface area contributed by atoms with Gasteiger partial charge in [0, 0.05) is 34.7 Å². The van der Waals surface area contributed by atoms with Crippen LogP contribution in [0.4, 0.5) is 0 Å². The van der Waals surface area contributed by atoms with Crippen molar-refractivity contribution in [3.8, 4) is 34.1 Å². The fourth-order valence-corrected chi connectivity index (χ4v) is 7.25. The minimum atomic E-state index is 0.318. The minimum Gasteiger partial charge on any atom is -0.457 e. The molecule has 0 atom stereocenters. The third-order valence-electron chi connectivity index (χ3n) is 9.59. The van der Waals surface area contributed by atoms with Gasteiger partial charge >= 0.3 is 0 Å². The summed E-state index contributed by atoms with van der Waals surface area (Å²) in [6.07, 6.45) is 5.83. The zero-order valence-electron chi connectivity index (χ0n) is 29.8. The molecule has 3 aromatic heterocycles. The quantitative estimate of drug-likeness (QED) is 0.149. The van der Waals surface area contributed by atoms with Crippen LogP contribution >= 0.6 is 0 Å². The number of hydrogen-bond acceptors (Lipinski definition) is 3. The first-order valence-electron chi connectivity index (χ1n) is 17.7. The van der Waals surface area contributed by atoms with Gasteiger partial charge in [-0.25, -0.2) is 9.67 Å². The molecule has 0 amide bonds. The monoisotopic (exact) mass is 646 g/mol. The van der Waals surface area contributed by atoms with Gasteiger partial charge in [0.1, 0.15) is 17.3 Å². The van der Waals surface area contributed by atoms with Crippen LogP contribution in [0.15, 0.2) is 97.2 Å². The Balaban J connectivity index is 1.38. The van der Waals surface area contributed by atoms with E-state index in [1.54, 1.807) is 0 Å². The molecule has 0 saturated heterocycles. The Bertz CT molecular complexity index is 2280. The molecule has 0 N–H and O–H groups in total. The fourth-order valence-electron chi connectivity index (χ4n) is 7.25. The van der Waals surface area contributed by atoms with Crippen LogP contribution in [-0.2, 0) is 12.8 Å². The number of fused-ring (bicyclic) bond motifs is 3. The topological polar surface area (TPSA) is 44.9 Å². The van der Waals surface area contributed by atoms with Gasteiger partial charge in [-0.2, -0.15) is 5.10 Å². The standard InChI is InChI=1S/C44H46N4O/c1-8-13-38-44(43-30(6)15-12-16-31(43)7)40(14-9-2)48(46-38)33-24-32(28(3)4)25-35(26-33)49-34-19-20-37-36-17-10-11-18-39(36)47(41(37)27-34)42-23-29(5)21-22-45-42/h10-12,15-28H,8-9,13-14H2,1-7H3. The molecule has 7 rings (SSSR count). The highest BCUT2D eigenvalue weighted by Crippen LogP contribution is 2.39. The summed E-state index contributed by atoms with van der Waals surface area (Å²) in [5.74, 6) is 2.81. The Morgan fingerprint density at radius 2 is 1.45 bits per heavy atom. The van der Waals surface area contributed by atoms with Crippen molar-refractivity contribution in [3.05, 3.63) is 131 Å². The SMILES string of the molecule is CCCc1nn(-c2cc(Oc3ccc4c5ccccc5n(-c5cc(C)ccn5)c4c3)cc(C(C)C)c2)c(CCC)c1-c1c(C)cccc1C. The minimum absolute atomic E-state index is 0.318. The number of aromatic nitrogens is 4. The van der Waals surface area contributed by atoms with Crippen molar-refractivity contribution >= 4 is 21.8 Å². The van der Waals surface area contributed by atoms with Crippen molar-refractivity contribution in [2.24, 2.45) is 0 Å². The highest BCUT2D eigenvalue weighted by molar-refractivity contribution is 6.09. The molecule has 5 nitrogen and oxygen atoms in total. The molecule has 0 aliphatic heterocycles. The Morgan fingerprint density at radius 1 is 0.694 bits per heavy atom. The van der Waals surface area contributed by atoms with Crippen molar-refractivity contribution in [1.82, 2.24) is 19.3 Å². The molecule has 3 heterocycles. The highest BCUT2D eigenvalue weighted by atomic mass is 16.5. The molecule has 4 aromatic carbocycles. The molecule has 0 saturated carbocycles. The second-order valence-electron chi connectivity index (χ2n) is 13.7. The third-order valence-corrected chi connectivity index (χ3v) is 9.59. The van der Waals surface area contributed by atoms with Crippen LogP contribution in [0.5, 0.6) is 11.5 Å². The zero-order valence-corrected chi connectivity index (χ0v) is 29.8. The molecule has 49 heavy (non-hydrogen) atoms. The average Bonchev–Trinajstić information content (AvgIpc) is 3.60. The summed E-state index contributed by atoms with van der Waals surface area (Å²) < 4.78 is 11.2. The van der Waals surface area contributed by atoms with E-state index < -0.39 is 0 Å². The lowest BCUT2D eigenvalue weighted by molar-refractivity contribution is 0.481. The summed E-state index contributed by atoms with van der Waals surface area (Å²) in [5, 5.41) is 7.73. The average molecular weight is 647 g/mol. The highest BCUT2D eigenvalue weighted by Gasteiger charge is 2.23. The van der Waals surface area contributed by atoms with Crippen molar-refractivity contribution in [2.75, 3.05) is 0 Å². The van der Waals surface area contributed by atoms with Gasteiger partial charge in [0.15, 0.2) is 0 Å². The van der Waals surface area contributed by atoms with E-state index >= 15 is 0 Å². The smallest absolute Gasteiger partial charge is 0.137 e. The van der Waals surface area contributed by atoms with Crippen LogP contribution in [0.2, 0.25) is 0 Å². The van der Waals surface area contributed by atoms with E-state index in [4.69, 9.17) is 14.8 Å². The maximum Gasteiger partial charge on any atom is 0.137 e. The lowest BCUT2D eigenvalue weighted by atomic mass is 9.91. The second kappa shape index (κ2) is 13.4. The number of rotatable bonds is 10. The van der Waals surface area contributed by atoms with E-state index in [-0.39, 0.29) is 0 Å². The molecule has 0 unspecified atom stereocenters. The first-order valence-corrected chi connectivity index (χ1v) is 17.7. The second-order valence-corrected chi connectivity index (χ2v) is 13.7. The summed E-state index contributed by atoms with van der Waals surface area (Å²) in [6.45, 7) is 15.5. The van der Waals surface area contributed by atoms with Gasteiger partial charge in [0.2, 0.25) is 0 Å². The molecular weight excluding hydrogens is 601 g/mol. The van der Waals surface area contributed by atoms with E-state index in [2.05, 4.69) is 143 Å². The molecular formula is C44H46N4O. The number of pyridine rings is 1. The van der Waals surface area contributed by atoms with Gasteiger partial charge in [0.05, 0.1) is 28.1 Å². The first kappa shape index (κ1) is 32.4. The lowest BCUT2D eigenvalue weighted by Gasteiger charge is -2.16. The van der Waals surface area contributed by atoms with E-state index in [1.165, 1.54) is 55.5 Å². The van der Waals surface area contributed by atoms with E-state index in [9.17, 15) is 0 Å². The van der Waals surface area contributed by atoms with Crippen molar-refractivity contribution in [3.63, 3.8) is 0 Å². The maximum atomic E-state index is 6.78. The number of ether oxygens (including phenoxy) is 1. The van der Waals surface area contributed by atoms with Gasteiger partial charge in [-0.05, 0) is 110 Å². The number of aryl methyl sites for hydroxylation is 4. The van der Waals surface area contributed by atoms with Gasteiger partial charge < -0.3 is 4.74 Å². The number of hydrogen-bond donors (Lipinski definition) is 0. The maximum absolute atomic E-state index is 6.78. The van der Waals surface area contributed by atoms with Gasteiger partial charge in [-0.15, -0.1) is 0 Å². The molecule has 0 fully saturated rings. The van der Waals surface area contributed by atoms with Crippen LogP contribution in [0.25, 0.3) is 44.4 Å². The van der Waals surface area contributed by atoms with Crippen molar-refractivity contribution in [1.29, 1.82) is 0 Å². The summed E-state index contributed by atoms with van der Waals surface area (Å²) in [4.78, 5) is 4.76. The predicted molar refractivity (Wildman–Crippen MR) is 204 cm³/mol. The van der Waals surface area contributed by atoms with Crippen LogP contribution in [-0.4, -0.2) is 19.3 Å². The van der Waals surface area contributed by atoms with Crippen LogP contribution < -0.4 is 4.74 Å². The molecule has 248 valence electrons. The summed E-state index contributed by atoms with van der Waals surface area (Å²) in [6, 6.07) is 32.3. The van der Waals surface area contributed by atoms with Crippen molar-refractivity contribution < 1.29 is 4.74 Å². The Hall–Kier alpha value is -5.16. The summed E-state index contributed by atoms with van der Waals surface area (Å²) in [5.41, 5.74) is 13.3. The van der Waals surface area contributed by atoms with E-state index in [0.717, 1.165) is 59.7 Å².